The molecule has 1 atom stereocenters. The summed E-state index contributed by atoms with van der Waals surface area (Å²) in [6.45, 7) is 4.68. The van der Waals surface area contributed by atoms with Gasteiger partial charge in [0.05, 0.1) is 4.90 Å². The highest BCUT2D eigenvalue weighted by Crippen LogP contribution is 2.28. The van der Waals surface area contributed by atoms with E-state index < -0.39 is 10.0 Å². The van der Waals surface area contributed by atoms with Crippen molar-refractivity contribution in [1.82, 2.24) is 14.5 Å². The second kappa shape index (κ2) is 6.53. The van der Waals surface area contributed by atoms with Crippen molar-refractivity contribution in [3.63, 3.8) is 0 Å². The van der Waals surface area contributed by atoms with Gasteiger partial charge in [-0.25, -0.2) is 8.42 Å². The summed E-state index contributed by atoms with van der Waals surface area (Å²) in [6, 6.07) is 2.05. The maximum absolute atomic E-state index is 12.7. The van der Waals surface area contributed by atoms with Gasteiger partial charge < -0.3 is 10.2 Å². The van der Waals surface area contributed by atoms with E-state index in [4.69, 9.17) is 0 Å². The van der Waals surface area contributed by atoms with Crippen molar-refractivity contribution in [2.45, 2.75) is 30.8 Å². The summed E-state index contributed by atoms with van der Waals surface area (Å²) in [4.78, 5) is 3.48. The van der Waals surface area contributed by atoms with Crippen molar-refractivity contribution < 1.29 is 8.42 Å². The van der Waals surface area contributed by atoms with Crippen LogP contribution in [0.1, 0.15) is 18.2 Å². The average Bonchev–Trinajstić information content (AvgIpc) is 3.05. The van der Waals surface area contributed by atoms with Crippen LogP contribution in [0.3, 0.4) is 0 Å². The zero-order valence-electron chi connectivity index (χ0n) is 12.3. The lowest BCUT2D eigenvalue weighted by atomic mass is 10.2. The number of likely N-dealkylation sites (N-methyl/N-ethyl adjacent to an activating group) is 1. The molecule has 1 aliphatic rings. The normalized spacial score (nSPS) is 20.9. The Morgan fingerprint density at radius 2 is 2.25 bits per heavy atom. The largest absolute Gasteiger partial charge is 0.312 e. The Hall–Kier alpha value is -0.470. The van der Waals surface area contributed by atoms with Crippen LogP contribution in [0, 0.1) is 0 Å². The third-order valence-electron chi connectivity index (χ3n) is 3.71. The van der Waals surface area contributed by atoms with Gasteiger partial charge in [0, 0.05) is 30.6 Å². The summed E-state index contributed by atoms with van der Waals surface area (Å²) >= 11 is 1.50. The number of sulfonamides is 1. The SMILES string of the molecule is CCNCc1sccc1S(=O)(=O)N1CCC(N(C)C)C1. The molecular formula is C13H23N3O2S2. The molecule has 114 valence electrons. The first-order valence-corrected chi connectivity index (χ1v) is 9.22. The van der Waals surface area contributed by atoms with Gasteiger partial charge in [0.2, 0.25) is 10.0 Å². The van der Waals surface area contributed by atoms with E-state index in [0.29, 0.717) is 30.6 Å². The third-order valence-corrected chi connectivity index (χ3v) is 6.71. The average molecular weight is 317 g/mol. The number of thiophene rings is 1. The first-order chi connectivity index (χ1) is 9.46. The lowest BCUT2D eigenvalue weighted by Crippen LogP contribution is -2.34. The molecule has 2 heterocycles. The van der Waals surface area contributed by atoms with Crippen LogP contribution >= 0.6 is 11.3 Å². The quantitative estimate of drug-likeness (QED) is 0.856. The molecule has 1 saturated heterocycles. The van der Waals surface area contributed by atoms with Crippen molar-refractivity contribution >= 4 is 21.4 Å². The zero-order chi connectivity index (χ0) is 14.8. The highest BCUT2D eigenvalue weighted by Gasteiger charge is 2.34. The van der Waals surface area contributed by atoms with Crippen LogP contribution in [0.25, 0.3) is 0 Å². The molecule has 0 bridgehead atoms. The Morgan fingerprint density at radius 3 is 2.85 bits per heavy atom. The molecule has 1 fully saturated rings. The molecule has 0 aromatic carbocycles. The van der Waals surface area contributed by atoms with Crippen LogP contribution < -0.4 is 5.32 Å². The highest BCUT2D eigenvalue weighted by atomic mass is 32.2. The molecule has 0 radical (unpaired) electrons. The molecule has 7 heteroatoms. The number of nitrogens with one attached hydrogen (secondary N) is 1. The van der Waals surface area contributed by atoms with E-state index in [0.717, 1.165) is 17.8 Å². The molecule has 1 unspecified atom stereocenters. The van der Waals surface area contributed by atoms with E-state index in [1.807, 2.05) is 26.4 Å². The van der Waals surface area contributed by atoms with E-state index in [1.165, 1.54) is 11.3 Å². The smallest absolute Gasteiger partial charge is 0.244 e. The molecule has 0 saturated carbocycles. The Kier molecular flexibility index (Phi) is 5.19. The summed E-state index contributed by atoms with van der Waals surface area (Å²) in [7, 11) is 0.658. The standard InChI is InChI=1S/C13H23N3O2S2/c1-4-14-9-12-13(6-8-19-12)20(17,18)16-7-5-11(10-16)15(2)3/h6,8,11,14H,4-5,7,9-10H2,1-3H3. The van der Waals surface area contributed by atoms with Crippen molar-refractivity contribution in [1.29, 1.82) is 0 Å². The first kappa shape index (κ1) is 15.9. The molecule has 1 aromatic rings. The number of hydrogen-bond donors (Lipinski definition) is 1. The number of nitrogens with zero attached hydrogens (tertiary/aromatic N) is 2. The first-order valence-electron chi connectivity index (χ1n) is 6.90. The summed E-state index contributed by atoms with van der Waals surface area (Å²) in [5.74, 6) is 0. The minimum atomic E-state index is -3.35. The van der Waals surface area contributed by atoms with Crippen LogP contribution in [0.4, 0.5) is 0 Å². The number of rotatable bonds is 6. The van der Waals surface area contributed by atoms with E-state index in [9.17, 15) is 8.42 Å². The minimum Gasteiger partial charge on any atom is -0.312 e. The molecule has 0 amide bonds. The maximum Gasteiger partial charge on any atom is 0.244 e. The fourth-order valence-corrected chi connectivity index (χ4v) is 5.29. The lowest BCUT2D eigenvalue weighted by molar-refractivity contribution is 0.302. The van der Waals surface area contributed by atoms with Crippen molar-refractivity contribution in [2.24, 2.45) is 0 Å². The van der Waals surface area contributed by atoms with Crippen LogP contribution in [-0.4, -0.2) is 57.4 Å². The summed E-state index contributed by atoms with van der Waals surface area (Å²) < 4.78 is 27.1. The molecule has 1 N–H and O–H groups in total. The monoisotopic (exact) mass is 317 g/mol. The molecular weight excluding hydrogens is 294 g/mol. The molecule has 2 rings (SSSR count). The second-order valence-electron chi connectivity index (χ2n) is 5.26. The molecule has 0 spiro atoms. The zero-order valence-corrected chi connectivity index (χ0v) is 13.9. The molecule has 20 heavy (non-hydrogen) atoms. The van der Waals surface area contributed by atoms with Crippen LogP contribution in [0.5, 0.6) is 0 Å². The summed E-state index contributed by atoms with van der Waals surface area (Å²) in [6.07, 6.45) is 0.902. The molecule has 1 aliphatic heterocycles. The Labute approximate surface area is 125 Å². The fourth-order valence-electron chi connectivity index (χ4n) is 2.42. The Morgan fingerprint density at radius 1 is 1.50 bits per heavy atom. The van der Waals surface area contributed by atoms with Gasteiger partial charge in [0.1, 0.15) is 0 Å². The van der Waals surface area contributed by atoms with Gasteiger partial charge in [0.15, 0.2) is 0 Å². The summed E-state index contributed by atoms with van der Waals surface area (Å²) in [5.41, 5.74) is 0. The van der Waals surface area contributed by atoms with Gasteiger partial charge in [0.25, 0.3) is 0 Å². The van der Waals surface area contributed by atoms with Gasteiger partial charge in [-0.15, -0.1) is 11.3 Å². The van der Waals surface area contributed by atoms with Crippen molar-refractivity contribution in [3.8, 4) is 0 Å². The van der Waals surface area contributed by atoms with E-state index in [-0.39, 0.29) is 0 Å². The van der Waals surface area contributed by atoms with Crippen LogP contribution in [-0.2, 0) is 16.6 Å². The van der Waals surface area contributed by atoms with Gasteiger partial charge >= 0.3 is 0 Å². The van der Waals surface area contributed by atoms with Crippen LogP contribution in [0.2, 0.25) is 0 Å². The van der Waals surface area contributed by atoms with Gasteiger partial charge in [-0.2, -0.15) is 4.31 Å². The predicted molar refractivity (Wildman–Crippen MR) is 82.6 cm³/mol. The summed E-state index contributed by atoms with van der Waals surface area (Å²) in [5, 5.41) is 5.06. The second-order valence-corrected chi connectivity index (χ2v) is 8.16. The fraction of sp³-hybridized carbons (Fsp3) is 0.692. The van der Waals surface area contributed by atoms with E-state index in [2.05, 4.69) is 10.2 Å². The molecule has 5 nitrogen and oxygen atoms in total. The topological polar surface area (TPSA) is 52.7 Å². The van der Waals surface area contributed by atoms with Gasteiger partial charge in [-0.1, -0.05) is 6.92 Å². The Balaban J connectivity index is 2.17. The van der Waals surface area contributed by atoms with Gasteiger partial charge in [-0.3, -0.25) is 0 Å². The van der Waals surface area contributed by atoms with E-state index in [1.54, 1.807) is 10.4 Å². The van der Waals surface area contributed by atoms with E-state index >= 15 is 0 Å². The molecule has 1 aromatic heterocycles. The minimum absolute atomic E-state index is 0.320. The van der Waals surface area contributed by atoms with Crippen molar-refractivity contribution in [3.05, 3.63) is 16.3 Å². The third kappa shape index (κ3) is 3.23. The lowest BCUT2D eigenvalue weighted by Gasteiger charge is -2.20. The number of hydrogen-bond acceptors (Lipinski definition) is 5. The van der Waals surface area contributed by atoms with Crippen LogP contribution in [0.15, 0.2) is 16.3 Å². The predicted octanol–water partition coefficient (Wildman–Crippen LogP) is 1.18. The van der Waals surface area contributed by atoms with Crippen molar-refractivity contribution in [2.75, 3.05) is 33.7 Å². The maximum atomic E-state index is 12.7. The molecule has 0 aliphatic carbocycles. The van der Waals surface area contributed by atoms with Gasteiger partial charge in [-0.05, 0) is 38.5 Å². The highest BCUT2D eigenvalue weighted by molar-refractivity contribution is 7.89. The Bertz CT molecular complexity index is 540.